The highest BCUT2D eigenvalue weighted by Crippen LogP contribution is 2.15. The number of hydrogen-bond donors (Lipinski definition) is 2. The van der Waals surface area contributed by atoms with Crippen molar-refractivity contribution in [1.29, 1.82) is 0 Å². The molecular weight excluding hydrogens is 278 g/mol. The zero-order chi connectivity index (χ0) is 14.8. The Labute approximate surface area is 119 Å². The van der Waals surface area contributed by atoms with Crippen molar-refractivity contribution in [1.82, 2.24) is 14.9 Å². The maximum absolute atomic E-state index is 12.5. The van der Waals surface area contributed by atoms with Gasteiger partial charge in [0.25, 0.3) is 5.91 Å². The molecule has 1 amide bonds. The maximum atomic E-state index is 12.5. The average Bonchev–Trinajstić information content (AvgIpc) is 2.47. The molecule has 0 bridgehead atoms. The number of carbonyl (C=O) groups excluding carboxylic acids is 1. The number of carbonyl (C=O) groups is 1. The summed E-state index contributed by atoms with van der Waals surface area (Å²) in [6.45, 7) is 4.10. The van der Waals surface area contributed by atoms with Gasteiger partial charge in [0.1, 0.15) is 0 Å². The predicted molar refractivity (Wildman–Crippen MR) is 76.1 cm³/mol. The van der Waals surface area contributed by atoms with Crippen LogP contribution in [0.4, 0.5) is 0 Å². The molecule has 0 aliphatic carbocycles. The molecule has 2 N–H and O–H groups in total. The Morgan fingerprint density at radius 1 is 1.45 bits per heavy atom. The van der Waals surface area contributed by atoms with Crippen molar-refractivity contribution in [3.8, 4) is 0 Å². The zero-order valence-electron chi connectivity index (χ0n) is 11.6. The Morgan fingerprint density at radius 2 is 2.20 bits per heavy atom. The first kappa shape index (κ1) is 15.0. The van der Waals surface area contributed by atoms with Crippen molar-refractivity contribution >= 4 is 15.9 Å². The quantitative estimate of drug-likeness (QED) is 0.825. The van der Waals surface area contributed by atoms with Gasteiger partial charge in [-0.3, -0.25) is 4.79 Å². The summed E-state index contributed by atoms with van der Waals surface area (Å²) in [6.07, 6.45) is 0. The summed E-state index contributed by atoms with van der Waals surface area (Å²) in [7, 11) is -2.18. The van der Waals surface area contributed by atoms with E-state index in [1.165, 1.54) is 19.2 Å². The summed E-state index contributed by atoms with van der Waals surface area (Å²) in [5, 5.41) is 3.22. The van der Waals surface area contributed by atoms with Gasteiger partial charge < -0.3 is 10.2 Å². The minimum Gasteiger partial charge on any atom is -0.333 e. The molecule has 1 atom stereocenters. The van der Waals surface area contributed by atoms with E-state index in [2.05, 4.69) is 10.0 Å². The third-order valence-corrected chi connectivity index (χ3v) is 4.83. The van der Waals surface area contributed by atoms with Crippen molar-refractivity contribution < 1.29 is 13.2 Å². The molecule has 1 aromatic carbocycles. The summed E-state index contributed by atoms with van der Waals surface area (Å²) in [4.78, 5) is 14.3. The molecule has 2 rings (SSSR count). The van der Waals surface area contributed by atoms with Crippen LogP contribution in [0.1, 0.15) is 17.3 Å². The predicted octanol–water partition coefficient (Wildman–Crippen LogP) is 0.0286. The van der Waals surface area contributed by atoms with Crippen molar-refractivity contribution in [3.05, 3.63) is 29.8 Å². The average molecular weight is 297 g/mol. The molecule has 0 saturated carbocycles. The summed E-state index contributed by atoms with van der Waals surface area (Å²) in [6, 6.07) is 6.23. The molecule has 1 aromatic rings. The fraction of sp³-hybridized carbons (Fsp3) is 0.462. The Morgan fingerprint density at radius 3 is 2.85 bits per heavy atom. The fourth-order valence-electron chi connectivity index (χ4n) is 2.22. The minimum absolute atomic E-state index is 0.0980. The Bertz CT molecular complexity index is 601. The molecular formula is C13H19N3O3S. The van der Waals surface area contributed by atoms with E-state index in [4.69, 9.17) is 0 Å². The van der Waals surface area contributed by atoms with Crippen LogP contribution in [0.25, 0.3) is 0 Å². The molecule has 0 aromatic heterocycles. The molecule has 0 radical (unpaired) electrons. The highest BCUT2D eigenvalue weighted by Gasteiger charge is 2.24. The van der Waals surface area contributed by atoms with Gasteiger partial charge in [0.15, 0.2) is 0 Å². The normalized spacial score (nSPS) is 19.9. The van der Waals surface area contributed by atoms with E-state index in [-0.39, 0.29) is 16.8 Å². The van der Waals surface area contributed by atoms with Gasteiger partial charge in [-0.05, 0) is 32.2 Å². The van der Waals surface area contributed by atoms with E-state index in [0.29, 0.717) is 12.1 Å². The number of nitrogens with zero attached hydrogens (tertiary/aromatic N) is 1. The van der Waals surface area contributed by atoms with Crippen LogP contribution in [0, 0.1) is 0 Å². The van der Waals surface area contributed by atoms with Gasteiger partial charge in [0, 0.05) is 31.2 Å². The van der Waals surface area contributed by atoms with E-state index in [9.17, 15) is 13.2 Å². The van der Waals surface area contributed by atoms with E-state index < -0.39 is 10.0 Å². The maximum Gasteiger partial charge on any atom is 0.254 e. The van der Waals surface area contributed by atoms with Crippen molar-refractivity contribution in [2.75, 3.05) is 26.7 Å². The fourth-order valence-corrected chi connectivity index (χ4v) is 3.00. The van der Waals surface area contributed by atoms with E-state index in [1.807, 2.05) is 6.92 Å². The second kappa shape index (κ2) is 5.90. The van der Waals surface area contributed by atoms with Gasteiger partial charge in [0.2, 0.25) is 10.0 Å². The van der Waals surface area contributed by atoms with Crippen LogP contribution < -0.4 is 10.0 Å². The van der Waals surface area contributed by atoms with Gasteiger partial charge in [-0.2, -0.15) is 0 Å². The van der Waals surface area contributed by atoms with Gasteiger partial charge >= 0.3 is 0 Å². The van der Waals surface area contributed by atoms with E-state index >= 15 is 0 Å². The molecule has 1 aliphatic heterocycles. The van der Waals surface area contributed by atoms with Crippen LogP contribution in [0.5, 0.6) is 0 Å². The third-order valence-electron chi connectivity index (χ3n) is 3.42. The largest absolute Gasteiger partial charge is 0.333 e. The summed E-state index contributed by atoms with van der Waals surface area (Å²) in [5.41, 5.74) is 0.398. The Hall–Kier alpha value is -1.44. The number of sulfonamides is 1. The smallest absolute Gasteiger partial charge is 0.254 e. The van der Waals surface area contributed by atoms with Crippen LogP contribution in [0.2, 0.25) is 0 Å². The molecule has 110 valence electrons. The molecule has 1 fully saturated rings. The molecule has 6 nitrogen and oxygen atoms in total. The van der Waals surface area contributed by atoms with Gasteiger partial charge in [-0.1, -0.05) is 6.07 Å². The van der Waals surface area contributed by atoms with E-state index in [1.54, 1.807) is 17.0 Å². The Kier molecular flexibility index (Phi) is 4.42. The second-order valence-electron chi connectivity index (χ2n) is 4.79. The number of rotatable bonds is 3. The lowest BCUT2D eigenvalue weighted by molar-refractivity contribution is 0.0655. The van der Waals surface area contributed by atoms with Crippen molar-refractivity contribution in [2.24, 2.45) is 0 Å². The summed E-state index contributed by atoms with van der Waals surface area (Å²) < 4.78 is 25.8. The summed E-state index contributed by atoms with van der Waals surface area (Å²) >= 11 is 0. The van der Waals surface area contributed by atoms with E-state index in [0.717, 1.165) is 13.1 Å². The highest BCUT2D eigenvalue weighted by molar-refractivity contribution is 7.89. The highest BCUT2D eigenvalue weighted by atomic mass is 32.2. The van der Waals surface area contributed by atoms with Gasteiger partial charge in [-0.25, -0.2) is 13.1 Å². The van der Waals surface area contributed by atoms with Crippen LogP contribution in [0.15, 0.2) is 29.2 Å². The lowest BCUT2D eigenvalue weighted by Gasteiger charge is -2.34. The van der Waals surface area contributed by atoms with Crippen molar-refractivity contribution in [2.45, 2.75) is 17.9 Å². The molecule has 0 unspecified atom stereocenters. The number of benzene rings is 1. The minimum atomic E-state index is -3.53. The van der Waals surface area contributed by atoms with Crippen molar-refractivity contribution in [3.63, 3.8) is 0 Å². The summed E-state index contributed by atoms with van der Waals surface area (Å²) in [5.74, 6) is -0.132. The van der Waals surface area contributed by atoms with Gasteiger partial charge in [0.05, 0.1) is 4.90 Å². The molecule has 1 saturated heterocycles. The molecule has 1 heterocycles. The van der Waals surface area contributed by atoms with Crippen LogP contribution in [-0.2, 0) is 10.0 Å². The van der Waals surface area contributed by atoms with Crippen LogP contribution >= 0.6 is 0 Å². The van der Waals surface area contributed by atoms with Crippen LogP contribution in [-0.4, -0.2) is 51.9 Å². The molecule has 1 aliphatic rings. The first-order valence-electron chi connectivity index (χ1n) is 6.51. The Balaban J connectivity index is 2.29. The third kappa shape index (κ3) is 3.00. The number of amides is 1. The first-order chi connectivity index (χ1) is 9.45. The monoisotopic (exact) mass is 297 g/mol. The lowest BCUT2D eigenvalue weighted by atomic mass is 10.1. The molecule has 0 spiro atoms. The standard InChI is InChI=1S/C13H19N3O3S/c1-10-9-15-6-7-16(10)13(17)11-4-3-5-12(8-11)20(18,19)14-2/h3-5,8,10,14-15H,6-7,9H2,1-2H3/t10-/m0/s1. The SMILES string of the molecule is CNS(=O)(=O)c1cccc(C(=O)N2CCNC[C@@H]2C)c1. The first-order valence-corrected chi connectivity index (χ1v) is 7.99. The lowest BCUT2D eigenvalue weighted by Crippen LogP contribution is -2.52. The molecule has 7 heteroatoms. The van der Waals surface area contributed by atoms with Crippen LogP contribution in [0.3, 0.4) is 0 Å². The second-order valence-corrected chi connectivity index (χ2v) is 6.67. The number of hydrogen-bond acceptors (Lipinski definition) is 4. The zero-order valence-corrected chi connectivity index (χ0v) is 12.4. The number of piperazine rings is 1. The van der Waals surface area contributed by atoms with Gasteiger partial charge in [-0.15, -0.1) is 0 Å². The molecule has 20 heavy (non-hydrogen) atoms. The topological polar surface area (TPSA) is 78.5 Å². The number of nitrogens with one attached hydrogen (secondary N) is 2.